The first-order valence-corrected chi connectivity index (χ1v) is 2.27. The lowest BCUT2D eigenvalue weighted by Crippen LogP contribution is -1.63. The Morgan fingerprint density at radius 2 is 2.38 bits per heavy atom. The molecule has 0 aromatic rings. The lowest BCUT2D eigenvalue weighted by Gasteiger charge is -1.69. The molecular weight excluding hydrogens is 105 g/mol. The van der Waals surface area contributed by atoms with Crippen LogP contribution in [0.25, 0.3) is 0 Å². The summed E-state index contributed by atoms with van der Waals surface area (Å²) < 4.78 is 11.2. The molecule has 0 bridgehead atoms. The summed E-state index contributed by atoms with van der Waals surface area (Å²) in [6.07, 6.45) is 5.77. The van der Waals surface area contributed by atoms with Crippen molar-refractivity contribution in [2.75, 3.05) is 6.67 Å². The summed E-state index contributed by atoms with van der Waals surface area (Å²) in [5.74, 6) is 0. The minimum atomic E-state index is -0.441. The van der Waals surface area contributed by atoms with Gasteiger partial charge in [0.1, 0.15) is 6.67 Å². The monoisotopic (exact) mass is 113 g/mol. The molecule has 0 aromatic carbocycles. The van der Waals surface area contributed by atoms with Gasteiger partial charge in [-0.05, 0) is 6.08 Å². The van der Waals surface area contributed by atoms with Crippen molar-refractivity contribution in [3.8, 4) is 0 Å². The summed E-state index contributed by atoms with van der Waals surface area (Å²) in [5, 5.41) is 0. The second-order valence-corrected chi connectivity index (χ2v) is 1.06. The molecule has 1 nitrogen and oxygen atoms in total. The van der Waals surface area contributed by atoms with Gasteiger partial charge in [0.15, 0.2) is 0 Å². The number of aliphatic imine (C=N–C) groups is 1. The van der Waals surface area contributed by atoms with Crippen LogP contribution in [-0.2, 0) is 0 Å². The minimum absolute atomic E-state index is 0.441. The Hall–Kier alpha value is -0.920. The van der Waals surface area contributed by atoms with E-state index in [0.717, 1.165) is 0 Å². The summed E-state index contributed by atoms with van der Waals surface area (Å²) in [4.78, 5) is 3.59. The predicted molar refractivity (Wildman–Crippen MR) is 33.8 cm³/mol. The van der Waals surface area contributed by atoms with Crippen molar-refractivity contribution in [1.29, 1.82) is 0 Å². The largest absolute Gasteiger partial charge is 0.265 e. The van der Waals surface area contributed by atoms with Crippen molar-refractivity contribution in [2.45, 2.75) is 0 Å². The Kier molecular flexibility index (Phi) is 5.38. The van der Waals surface area contributed by atoms with E-state index < -0.39 is 6.67 Å². The molecular formula is C6H8FN. The highest BCUT2D eigenvalue weighted by atomic mass is 19.1. The van der Waals surface area contributed by atoms with Crippen molar-refractivity contribution in [3.05, 3.63) is 24.9 Å². The average molecular weight is 113 g/mol. The zero-order valence-electron chi connectivity index (χ0n) is 4.55. The van der Waals surface area contributed by atoms with Crippen LogP contribution in [0, 0.1) is 0 Å². The summed E-state index contributed by atoms with van der Waals surface area (Å²) >= 11 is 0. The summed E-state index contributed by atoms with van der Waals surface area (Å²) in [7, 11) is 0. The first kappa shape index (κ1) is 7.08. The third-order valence-corrected chi connectivity index (χ3v) is 0.503. The second kappa shape index (κ2) is 6.08. The number of allylic oxidation sites excluding steroid dienone is 2. The minimum Gasteiger partial charge on any atom is -0.265 e. The molecule has 0 saturated heterocycles. The molecule has 0 aromatic heterocycles. The van der Waals surface area contributed by atoms with Gasteiger partial charge < -0.3 is 0 Å². The molecule has 0 spiro atoms. The van der Waals surface area contributed by atoms with Gasteiger partial charge in [-0.3, -0.25) is 4.99 Å². The Morgan fingerprint density at radius 1 is 1.62 bits per heavy atom. The molecule has 0 rings (SSSR count). The highest BCUT2D eigenvalue weighted by Gasteiger charge is 1.62. The van der Waals surface area contributed by atoms with Crippen LogP contribution in [0.4, 0.5) is 4.39 Å². The standard InChI is InChI=1S/C6H8FN/c1-2-8-6-4-3-5-7/h2-4,6H,1,5H2/b4-3-,8-6?. The molecule has 0 saturated carbocycles. The van der Waals surface area contributed by atoms with Crippen molar-refractivity contribution in [2.24, 2.45) is 4.99 Å². The maximum Gasteiger partial charge on any atom is 0.108 e. The molecule has 44 valence electrons. The molecule has 0 radical (unpaired) electrons. The van der Waals surface area contributed by atoms with Gasteiger partial charge in [0.05, 0.1) is 0 Å². The van der Waals surface area contributed by atoms with E-state index in [0.29, 0.717) is 0 Å². The maximum absolute atomic E-state index is 11.2. The van der Waals surface area contributed by atoms with Crippen molar-refractivity contribution >= 4 is 6.21 Å². The van der Waals surface area contributed by atoms with Crippen LogP contribution in [0.2, 0.25) is 0 Å². The van der Waals surface area contributed by atoms with Crippen LogP contribution in [0.15, 0.2) is 29.9 Å². The lowest BCUT2D eigenvalue weighted by molar-refractivity contribution is 0.562. The molecule has 0 N–H and O–H groups in total. The average Bonchev–Trinajstić information content (AvgIpc) is 1.81. The van der Waals surface area contributed by atoms with E-state index in [4.69, 9.17) is 0 Å². The normalized spacial score (nSPS) is 11.1. The van der Waals surface area contributed by atoms with Crippen LogP contribution >= 0.6 is 0 Å². The van der Waals surface area contributed by atoms with Crippen LogP contribution in [0.1, 0.15) is 0 Å². The van der Waals surface area contributed by atoms with Gasteiger partial charge >= 0.3 is 0 Å². The van der Waals surface area contributed by atoms with Gasteiger partial charge in [-0.25, -0.2) is 4.39 Å². The Bertz CT molecular complexity index is 105. The maximum atomic E-state index is 11.2. The Labute approximate surface area is 48.2 Å². The van der Waals surface area contributed by atoms with Gasteiger partial charge in [0, 0.05) is 12.4 Å². The lowest BCUT2D eigenvalue weighted by atomic mass is 10.5. The van der Waals surface area contributed by atoms with E-state index in [2.05, 4.69) is 11.6 Å². The zero-order chi connectivity index (χ0) is 6.24. The number of rotatable bonds is 3. The number of alkyl halides is 1. The number of halogens is 1. The highest BCUT2D eigenvalue weighted by molar-refractivity contribution is 5.71. The quantitative estimate of drug-likeness (QED) is 0.494. The summed E-state index contributed by atoms with van der Waals surface area (Å²) in [6.45, 7) is 2.89. The van der Waals surface area contributed by atoms with Crippen LogP contribution < -0.4 is 0 Å². The van der Waals surface area contributed by atoms with Gasteiger partial charge in [0.2, 0.25) is 0 Å². The zero-order valence-corrected chi connectivity index (χ0v) is 4.55. The summed E-state index contributed by atoms with van der Waals surface area (Å²) in [5.41, 5.74) is 0. The van der Waals surface area contributed by atoms with E-state index in [1.54, 1.807) is 0 Å². The third kappa shape index (κ3) is 5.08. The van der Waals surface area contributed by atoms with Gasteiger partial charge in [0.25, 0.3) is 0 Å². The van der Waals surface area contributed by atoms with Gasteiger partial charge in [-0.1, -0.05) is 12.7 Å². The van der Waals surface area contributed by atoms with Crippen molar-refractivity contribution in [3.63, 3.8) is 0 Å². The van der Waals surface area contributed by atoms with E-state index >= 15 is 0 Å². The van der Waals surface area contributed by atoms with E-state index in [1.807, 2.05) is 0 Å². The molecule has 2 heteroatoms. The van der Waals surface area contributed by atoms with E-state index in [-0.39, 0.29) is 0 Å². The molecule has 8 heavy (non-hydrogen) atoms. The molecule has 0 aliphatic rings. The van der Waals surface area contributed by atoms with Gasteiger partial charge in [-0.2, -0.15) is 0 Å². The summed E-state index contributed by atoms with van der Waals surface area (Å²) in [6, 6.07) is 0. The van der Waals surface area contributed by atoms with Gasteiger partial charge in [-0.15, -0.1) is 0 Å². The fourth-order valence-electron chi connectivity index (χ4n) is 0.223. The topological polar surface area (TPSA) is 12.4 Å². The molecule has 0 atom stereocenters. The first-order valence-electron chi connectivity index (χ1n) is 2.27. The molecule has 0 amide bonds. The third-order valence-electron chi connectivity index (χ3n) is 0.503. The Morgan fingerprint density at radius 3 is 2.88 bits per heavy atom. The molecule has 0 aliphatic heterocycles. The first-order chi connectivity index (χ1) is 3.91. The van der Waals surface area contributed by atoms with E-state index in [9.17, 15) is 4.39 Å². The smallest absolute Gasteiger partial charge is 0.108 e. The van der Waals surface area contributed by atoms with E-state index in [1.165, 1.54) is 24.6 Å². The fourth-order valence-corrected chi connectivity index (χ4v) is 0.223. The molecule has 0 heterocycles. The molecule has 0 fully saturated rings. The van der Waals surface area contributed by atoms with Crippen LogP contribution in [-0.4, -0.2) is 12.9 Å². The SMILES string of the molecule is C=CN=C/C=C\CF. The second-order valence-electron chi connectivity index (χ2n) is 1.06. The van der Waals surface area contributed by atoms with Crippen molar-refractivity contribution < 1.29 is 4.39 Å². The Balaban J connectivity index is 3.26. The molecule has 0 aliphatic carbocycles. The van der Waals surface area contributed by atoms with Crippen LogP contribution in [0.5, 0.6) is 0 Å². The van der Waals surface area contributed by atoms with Crippen LogP contribution in [0.3, 0.4) is 0 Å². The number of hydrogen-bond donors (Lipinski definition) is 0. The number of hydrogen-bond acceptors (Lipinski definition) is 1. The predicted octanol–water partition coefficient (Wildman–Crippen LogP) is 1.73. The number of nitrogens with zero attached hydrogens (tertiary/aromatic N) is 1. The fraction of sp³-hybridized carbons (Fsp3) is 0.167. The highest BCUT2D eigenvalue weighted by Crippen LogP contribution is 1.71. The molecule has 0 unspecified atom stereocenters. The van der Waals surface area contributed by atoms with Crippen molar-refractivity contribution in [1.82, 2.24) is 0 Å².